The Morgan fingerprint density at radius 1 is 1.33 bits per heavy atom. The topological polar surface area (TPSA) is 71.4 Å². The minimum absolute atomic E-state index is 0.109. The van der Waals surface area contributed by atoms with Crippen molar-refractivity contribution in [3.05, 3.63) is 35.4 Å². The minimum atomic E-state index is -3.24. The molecule has 0 amide bonds. The Bertz CT molecular complexity index is 576. The van der Waals surface area contributed by atoms with Crippen molar-refractivity contribution < 1.29 is 18.3 Å². The lowest BCUT2D eigenvalue weighted by atomic mass is 9.86. The smallest absolute Gasteiger partial charge is 0.160 e. The number of sulfone groups is 1. The number of hydrogen-bond acceptors (Lipinski definition) is 4. The number of benzene rings is 1. The van der Waals surface area contributed by atoms with Crippen LogP contribution in [-0.2, 0) is 15.4 Å². The van der Waals surface area contributed by atoms with Crippen LogP contribution >= 0.6 is 0 Å². The van der Waals surface area contributed by atoms with Crippen molar-refractivity contribution in [2.45, 2.75) is 25.4 Å². The van der Waals surface area contributed by atoms with Crippen molar-refractivity contribution in [1.82, 2.24) is 0 Å². The Labute approximate surface area is 107 Å². The van der Waals surface area contributed by atoms with Crippen molar-refractivity contribution in [3.8, 4) is 0 Å². The average Bonchev–Trinajstić information content (AvgIpc) is 2.27. The van der Waals surface area contributed by atoms with Crippen LogP contribution in [0.25, 0.3) is 0 Å². The molecule has 0 radical (unpaired) electrons. The van der Waals surface area contributed by atoms with E-state index in [0.717, 1.165) is 0 Å². The summed E-state index contributed by atoms with van der Waals surface area (Å²) < 4.78 is 23.4. The molecule has 1 heterocycles. The van der Waals surface area contributed by atoms with Crippen molar-refractivity contribution in [2.24, 2.45) is 0 Å². The van der Waals surface area contributed by atoms with Gasteiger partial charge in [0.2, 0.25) is 0 Å². The van der Waals surface area contributed by atoms with Gasteiger partial charge in [0.05, 0.1) is 11.5 Å². The maximum Gasteiger partial charge on any atom is 0.160 e. The van der Waals surface area contributed by atoms with E-state index < -0.39 is 15.4 Å². The van der Waals surface area contributed by atoms with Crippen LogP contribution < -0.4 is 0 Å². The van der Waals surface area contributed by atoms with Crippen LogP contribution in [0.5, 0.6) is 0 Å². The standard InChI is InChI=1S/C13H16O4S/c1-10(14)11-5-2-3-6-12(11)13(15)7-4-8-18(16,17)9-13/h2-3,5-6,15H,4,7-9H2,1H3. The largest absolute Gasteiger partial charge is 0.384 e. The molecule has 1 fully saturated rings. The van der Waals surface area contributed by atoms with Crippen molar-refractivity contribution in [3.63, 3.8) is 0 Å². The molecule has 1 unspecified atom stereocenters. The molecule has 0 spiro atoms. The first-order valence-electron chi connectivity index (χ1n) is 5.87. The summed E-state index contributed by atoms with van der Waals surface area (Å²) in [6, 6.07) is 6.68. The summed E-state index contributed by atoms with van der Waals surface area (Å²) in [5.74, 6) is -0.357. The van der Waals surface area contributed by atoms with E-state index >= 15 is 0 Å². The second kappa shape index (κ2) is 4.48. The van der Waals surface area contributed by atoms with Gasteiger partial charge in [-0.05, 0) is 25.3 Å². The van der Waals surface area contributed by atoms with E-state index in [2.05, 4.69) is 0 Å². The molecule has 98 valence electrons. The molecule has 0 bridgehead atoms. The van der Waals surface area contributed by atoms with E-state index in [1.165, 1.54) is 6.92 Å². The first kappa shape index (κ1) is 13.2. The van der Waals surface area contributed by atoms with Crippen LogP contribution in [-0.4, -0.2) is 30.8 Å². The molecular weight excluding hydrogens is 252 g/mol. The highest BCUT2D eigenvalue weighted by atomic mass is 32.2. The van der Waals surface area contributed by atoms with Gasteiger partial charge in [0, 0.05) is 5.56 Å². The Morgan fingerprint density at radius 2 is 2.00 bits per heavy atom. The Hall–Kier alpha value is -1.20. The molecule has 2 rings (SSSR count). The van der Waals surface area contributed by atoms with Crippen molar-refractivity contribution in [2.75, 3.05) is 11.5 Å². The van der Waals surface area contributed by atoms with Crippen molar-refractivity contribution >= 4 is 15.6 Å². The molecular formula is C13H16O4S. The second-order valence-electron chi connectivity index (χ2n) is 4.83. The van der Waals surface area contributed by atoms with E-state index in [4.69, 9.17) is 0 Å². The molecule has 1 atom stereocenters. The second-order valence-corrected chi connectivity index (χ2v) is 7.01. The molecule has 4 nitrogen and oxygen atoms in total. The predicted octanol–water partition coefficient (Wildman–Crippen LogP) is 1.29. The van der Waals surface area contributed by atoms with Gasteiger partial charge in [0.25, 0.3) is 0 Å². The van der Waals surface area contributed by atoms with Gasteiger partial charge >= 0.3 is 0 Å². The van der Waals surface area contributed by atoms with E-state index in [0.29, 0.717) is 24.0 Å². The number of rotatable bonds is 2. The van der Waals surface area contributed by atoms with Gasteiger partial charge in [-0.1, -0.05) is 24.3 Å². The van der Waals surface area contributed by atoms with Crippen LogP contribution in [0.4, 0.5) is 0 Å². The van der Waals surface area contributed by atoms with Gasteiger partial charge in [-0.25, -0.2) is 8.42 Å². The molecule has 1 aliphatic heterocycles. The quantitative estimate of drug-likeness (QED) is 0.820. The molecule has 1 aliphatic rings. The molecule has 5 heteroatoms. The van der Waals surface area contributed by atoms with Crippen LogP contribution in [0.2, 0.25) is 0 Å². The minimum Gasteiger partial charge on any atom is -0.384 e. The number of Topliss-reactive ketones (excluding diaryl/α,β-unsaturated/α-hetero) is 1. The third-order valence-corrected chi connectivity index (χ3v) is 5.14. The highest BCUT2D eigenvalue weighted by molar-refractivity contribution is 7.91. The van der Waals surface area contributed by atoms with Crippen LogP contribution in [0.3, 0.4) is 0 Å². The fourth-order valence-corrected chi connectivity index (χ4v) is 4.26. The molecule has 0 aliphatic carbocycles. The summed E-state index contributed by atoms with van der Waals surface area (Å²) in [4.78, 5) is 11.6. The molecule has 1 aromatic rings. The summed E-state index contributed by atoms with van der Waals surface area (Å²) in [5.41, 5.74) is -0.600. The maximum absolute atomic E-state index is 11.7. The summed E-state index contributed by atoms with van der Waals surface area (Å²) >= 11 is 0. The molecule has 0 saturated carbocycles. The van der Waals surface area contributed by atoms with E-state index in [-0.39, 0.29) is 17.3 Å². The van der Waals surface area contributed by atoms with Gasteiger partial charge in [0.1, 0.15) is 5.60 Å². The lowest BCUT2D eigenvalue weighted by Gasteiger charge is -2.33. The highest BCUT2D eigenvalue weighted by Gasteiger charge is 2.40. The zero-order valence-corrected chi connectivity index (χ0v) is 11.0. The van der Waals surface area contributed by atoms with Crippen LogP contribution in [0.1, 0.15) is 35.7 Å². The highest BCUT2D eigenvalue weighted by Crippen LogP contribution is 2.34. The first-order chi connectivity index (χ1) is 8.34. The molecule has 1 aromatic carbocycles. The normalized spacial score (nSPS) is 26.8. The van der Waals surface area contributed by atoms with Gasteiger partial charge in [-0.3, -0.25) is 4.79 Å². The summed E-state index contributed by atoms with van der Waals surface area (Å²) in [6.45, 7) is 1.42. The Balaban J connectivity index is 2.50. The van der Waals surface area contributed by atoms with E-state index in [1.807, 2.05) is 0 Å². The predicted molar refractivity (Wildman–Crippen MR) is 68.2 cm³/mol. The maximum atomic E-state index is 11.7. The Kier molecular flexibility index (Phi) is 3.29. The number of carbonyl (C=O) groups excluding carboxylic acids is 1. The zero-order chi connectivity index (χ0) is 13.4. The van der Waals surface area contributed by atoms with Gasteiger partial charge in [-0.15, -0.1) is 0 Å². The average molecular weight is 268 g/mol. The van der Waals surface area contributed by atoms with Crippen LogP contribution in [0, 0.1) is 0 Å². The fraction of sp³-hybridized carbons (Fsp3) is 0.462. The number of carbonyl (C=O) groups is 1. The molecule has 1 N–H and O–H groups in total. The van der Waals surface area contributed by atoms with Gasteiger partial charge in [-0.2, -0.15) is 0 Å². The Morgan fingerprint density at radius 3 is 2.61 bits per heavy atom. The monoisotopic (exact) mass is 268 g/mol. The third-order valence-electron chi connectivity index (χ3n) is 3.31. The zero-order valence-electron chi connectivity index (χ0n) is 10.2. The SMILES string of the molecule is CC(=O)c1ccccc1C1(O)CCCS(=O)(=O)C1. The lowest BCUT2D eigenvalue weighted by molar-refractivity contribution is 0.0454. The molecule has 0 aromatic heterocycles. The van der Waals surface area contributed by atoms with Gasteiger partial charge < -0.3 is 5.11 Å². The number of hydrogen-bond donors (Lipinski definition) is 1. The summed E-state index contributed by atoms with van der Waals surface area (Å²) in [5, 5.41) is 10.6. The van der Waals surface area contributed by atoms with Crippen LogP contribution in [0.15, 0.2) is 24.3 Å². The fourth-order valence-electron chi connectivity index (χ4n) is 2.50. The number of aliphatic hydroxyl groups is 1. The van der Waals surface area contributed by atoms with Gasteiger partial charge in [0.15, 0.2) is 15.6 Å². The first-order valence-corrected chi connectivity index (χ1v) is 7.69. The lowest BCUT2D eigenvalue weighted by Crippen LogP contribution is -2.40. The number of ketones is 1. The van der Waals surface area contributed by atoms with E-state index in [9.17, 15) is 18.3 Å². The third kappa shape index (κ3) is 2.47. The summed E-state index contributed by atoms with van der Waals surface area (Å²) in [7, 11) is -3.24. The van der Waals surface area contributed by atoms with Crippen molar-refractivity contribution in [1.29, 1.82) is 0 Å². The molecule has 1 saturated heterocycles. The van der Waals surface area contributed by atoms with E-state index in [1.54, 1.807) is 24.3 Å². The summed E-state index contributed by atoms with van der Waals surface area (Å²) in [6.07, 6.45) is 0.793. The molecule has 18 heavy (non-hydrogen) atoms.